The Hall–Kier alpha value is -1.43. The van der Waals surface area contributed by atoms with Gasteiger partial charge in [0.2, 0.25) is 5.91 Å². The van der Waals surface area contributed by atoms with Crippen LogP contribution in [0, 0.1) is 0 Å². The lowest BCUT2D eigenvalue weighted by Gasteiger charge is -2.28. The molecule has 0 N–H and O–H groups in total. The minimum Gasteiger partial charge on any atom is -0.383 e. The molecule has 0 unspecified atom stereocenters. The Balaban J connectivity index is 1.46. The van der Waals surface area contributed by atoms with E-state index in [0.29, 0.717) is 25.6 Å². The Bertz CT molecular complexity index is 954. The molecule has 4 rings (SSSR count). The molecule has 0 radical (unpaired) electrons. The smallest absolute Gasteiger partial charge is 0.233 e. The first kappa shape index (κ1) is 20.8. The Morgan fingerprint density at radius 1 is 1.38 bits per heavy atom. The first-order chi connectivity index (χ1) is 14.0. The lowest BCUT2D eigenvalue weighted by atomic mass is 10.2. The summed E-state index contributed by atoms with van der Waals surface area (Å²) in [7, 11) is -1.49. The van der Waals surface area contributed by atoms with Gasteiger partial charge in [-0.1, -0.05) is 17.8 Å². The molecule has 11 heteroatoms. The van der Waals surface area contributed by atoms with Gasteiger partial charge in [0.15, 0.2) is 20.8 Å². The van der Waals surface area contributed by atoms with Crippen LogP contribution in [0.25, 0.3) is 10.7 Å². The zero-order chi connectivity index (χ0) is 20.4. The summed E-state index contributed by atoms with van der Waals surface area (Å²) in [5.74, 6) is 1.15. The second kappa shape index (κ2) is 8.75. The maximum Gasteiger partial charge on any atom is 0.233 e. The molecule has 29 heavy (non-hydrogen) atoms. The van der Waals surface area contributed by atoms with E-state index >= 15 is 0 Å². The van der Waals surface area contributed by atoms with Gasteiger partial charge in [0.05, 0.1) is 28.7 Å². The highest BCUT2D eigenvalue weighted by molar-refractivity contribution is 7.99. The minimum absolute atomic E-state index is 0.0356. The molecule has 2 fully saturated rings. The van der Waals surface area contributed by atoms with E-state index in [1.165, 1.54) is 11.8 Å². The highest BCUT2D eigenvalue weighted by Crippen LogP contribution is 2.41. The number of carbonyl (C=O) groups is 1. The van der Waals surface area contributed by atoms with E-state index in [1.807, 2.05) is 17.5 Å². The van der Waals surface area contributed by atoms with Crippen molar-refractivity contribution in [1.29, 1.82) is 0 Å². The summed E-state index contributed by atoms with van der Waals surface area (Å²) in [5.41, 5.74) is 0. The maximum absolute atomic E-state index is 13.0. The quantitative estimate of drug-likeness (QED) is 0.533. The van der Waals surface area contributed by atoms with E-state index in [-0.39, 0.29) is 29.2 Å². The number of hydrogen-bond donors (Lipinski definition) is 0. The first-order valence-corrected chi connectivity index (χ1v) is 13.3. The average Bonchev–Trinajstić information content (AvgIpc) is 3.08. The predicted octanol–water partition coefficient (Wildman–Crippen LogP) is 2.10. The molecule has 0 aromatic carbocycles. The predicted molar refractivity (Wildman–Crippen MR) is 113 cm³/mol. The van der Waals surface area contributed by atoms with Gasteiger partial charge in [-0.05, 0) is 30.7 Å². The summed E-state index contributed by atoms with van der Waals surface area (Å²) in [4.78, 5) is 15.7. The van der Waals surface area contributed by atoms with E-state index < -0.39 is 9.84 Å². The third kappa shape index (κ3) is 4.84. The molecule has 2 aromatic heterocycles. The molecule has 1 saturated heterocycles. The van der Waals surface area contributed by atoms with E-state index in [0.717, 1.165) is 28.7 Å². The molecule has 0 bridgehead atoms. The van der Waals surface area contributed by atoms with Crippen LogP contribution in [0.15, 0.2) is 22.7 Å². The van der Waals surface area contributed by atoms with E-state index in [9.17, 15) is 13.2 Å². The number of sulfone groups is 1. The fourth-order valence-corrected chi connectivity index (χ4v) is 6.87. The standard InChI is InChI=1S/C18H24N4O4S3/c1-26-8-7-21(14-6-10-29(24,25)12-14)16(23)11-28-18-20-19-17(15-3-2-9-27-15)22(18)13-4-5-13/h2-3,9,13-14H,4-8,10-12H2,1H3/t14-/m0/s1. The van der Waals surface area contributed by atoms with Crippen LogP contribution in [0.3, 0.4) is 0 Å². The van der Waals surface area contributed by atoms with Crippen molar-refractivity contribution in [3.05, 3.63) is 17.5 Å². The molecular weight excluding hydrogens is 432 g/mol. The molecule has 2 aromatic rings. The molecule has 3 heterocycles. The van der Waals surface area contributed by atoms with E-state index in [1.54, 1.807) is 23.3 Å². The van der Waals surface area contributed by atoms with Crippen LogP contribution < -0.4 is 0 Å². The molecule has 158 valence electrons. The van der Waals surface area contributed by atoms with Crippen molar-refractivity contribution in [3.63, 3.8) is 0 Å². The van der Waals surface area contributed by atoms with E-state index in [2.05, 4.69) is 14.8 Å². The zero-order valence-corrected chi connectivity index (χ0v) is 18.6. The molecule has 0 spiro atoms. The van der Waals surface area contributed by atoms with Gasteiger partial charge in [-0.15, -0.1) is 21.5 Å². The van der Waals surface area contributed by atoms with Crippen molar-refractivity contribution < 1.29 is 17.9 Å². The van der Waals surface area contributed by atoms with Crippen LogP contribution in [0.2, 0.25) is 0 Å². The number of ether oxygens (including phenoxy) is 1. The molecule has 2 aliphatic rings. The molecule has 1 saturated carbocycles. The summed E-state index contributed by atoms with van der Waals surface area (Å²) >= 11 is 3.00. The molecule has 1 aliphatic heterocycles. The number of thioether (sulfide) groups is 1. The highest BCUT2D eigenvalue weighted by Gasteiger charge is 2.35. The van der Waals surface area contributed by atoms with Crippen LogP contribution in [0.5, 0.6) is 0 Å². The summed E-state index contributed by atoms with van der Waals surface area (Å²) in [5, 5.41) is 11.5. The van der Waals surface area contributed by atoms with Crippen LogP contribution >= 0.6 is 23.1 Å². The van der Waals surface area contributed by atoms with Gasteiger partial charge in [-0.25, -0.2) is 8.42 Å². The first-order valence-electron chi connectivity index (χ1n) is 9.59. The molecule has 1 atom stereocenters. The van der Waals surface area contributed by atoms with Crippen molar-refractivity contribution in [3.8, 4) is 10.7 Å². The van der Waals surface area contributed by atoms with Crippen molar-refractivity contribution in [2.24, 2.45) is 0 Å². The highest BCUT2D eigenvalue weighted by atomic mass is 32.2. The van der Waals surface area contributed by atoms with E-state index in [4.69, 9.17) is 4.74 Å². The Morgan fingerprint density at radius 3 is 2.83 bits per heavy atom. The fourth-order valence-electron chi connectivity index (χ4n) is 3.54. The van der Waals surface area contributed by atoms with Crippen molar-refractivity contribution in [2.45, 2.75) is 36.5 Å². The number of nitrogens with zero attached hydrogens (tertiary/aromatic N) is 4. The summed E-state index contributed by atoms with van der Waals surface area (Å²) in [6.07, 6.45) is 2.68. The van der Waals surface area contributed by atoms with Crippen molar-refractivity contribution in [2.75, 3.05) is 37.5 Å². The number of aromatic nitrogens is 3. The number of methoxy groups -OCH3 is 1. The Labute approximate surface area is 178 Å². The Morgan fingerprint density at radius 2 is 2.21 bits per heavy atom. The largest absolute Gasteiger partial charge is 0.383 e. The third-order valence-electron chi connectivity index (χ3n) is 5.15. The van der Waals surface area contributed by atoms with Gasteiger partial charge in [0.1, 0.15) is 0 Å². The summed E-state index contributed by atoms with van der Waals surface area (Å²) < 4.78 is 31.0. The second-order valence-corrected chi connectivity index (χ2v) is 11.4. The van der Waals surface area contributed by atoms with Gasteiger partial charge in [0.25, 0.3) is 0 Å². The van der Waals surface area contributed by atoms with Gasteiger partial charge in [-0.2, -0.15) is 0 Å². The maximum atomic E-state index is 13.0. The van der Waals surface area contributed by atoms with Crippen molar-refractivity contribution in [1.82, 2.24) is 19.7 Å². The summed E-state index contributed by atoms with van der Waals surface area (Å²) in [6.45, 7) is 0.777. The minimum atomic E-state index is -3.06. The van der Waals surface area contributed by atoms with Crippen LogP contribution in [-0.4, -0.2) is 77.6 Å². The molecule has 8 nitrogen and oxygen atoms in total. The zero-order valence-electron chi connectivity index (χ0n) is 16.2. The summed E-state index contributed by atoms with van der Waals surface area (Å²) in [6, 6.07) is 4.14. The van der Waals surface area contributed by atoms with Gasteiger partial charge in [-0.3, -0.25) is 9.36 Å². The number of rotatable bonds is 9. The van der Waals surface area contributed by atoms with Crippen molar-refractivity contribution >= 4 is 38.8 Å². The monoisotopic (exact) mass is 456 g/mol. The lowest BCUT2D eigenvalue weighted by molar-refractivity contribution is -0.130. The fraction of sp³-hybridized carbons (Fsp3) is 0.611. The normalized spacial score (nSPS) is 20.8. The van der Waals surface area contributed by atoms with Gasteiger partial charge >= 0.3 is 0 Å². The molecular formula is C18H24N4O4S3. The topological polar surface area (TPSA) is 94.4 Å². The number of amides is 1. The third-order valence-corrected chi connectivity index (χ3v) is 8.69. The molecule has 1 amide bonds. The molecule has 1 aliphatic carbocycles. The van der Waals surface area contributed by atoms with Gasteiger partial charge < -0.3 is 9.64 Å². The van der Waals surface area contributed by atoms with Crippen LogP contribution in [0.1, 0.15) is 25.3 Å². The van der Waals surface area contributed by atoms with Crippen LogP contribution in [0.4, 0.5) is 0 Å². The number of thiophene rings is 1. The SMILES string of the molecule is COCCN(C(=O)CSc1nnc(-c2cccs2)n1C1CC1)[C@H]1CCS(=O)(=O)C1. The Kier molecular flexibility index (Phi) is 6.28. The lowest BCUT2D eigenvalue weighted by Crippen LogP contribution is -2.44. The second-order valence-electron chi connectivity index (χ2n) is 7.31. The number of hydrogen-bond acceptors (Lipinski definition) is 8. The average molecular weight is 457 g/mol. The van der Waals surface area contributed by atoms with Gasteiger partial charge in [0, 0.05) is 25.7 Å². The number of carbonyl (C=O) groups excluding carboxylic acids is 1. The van der Waals surface area contributed by atoms with Crippen LogP contribution in [-0.2, 0) is 19.4 Å².